The van der Waals surface area contributed by atoms with Gasteiger partial charge >= 0.3 is 0 Å². The summed E-state index contributed by atoms with van der Waals surface area (Å²) >= 11 is 0. The van der Waals surface area contributed by atoms with E-state index in [4.69, 9.17) is 5.26 Å². The SMILES string of the molecule is CN(C#N)CCc1ccc(-c2ccccc2)cc1. The summed E-state index contributed by atoms with van der Waals surface area (Å²) in [6.45, 7) is 0.765. The Morgan fingerprint density at radius 3 is 2.17 bits per heavy atom. The maximum atomic E-state index is 8.68. The Labute approximate surface area is 108 Å². The van der Waals surface area contributed by atoms with E-state index in [9.17, 15) is 0 Å². The molecule has 0 saturated heterocycles. The summed E-state index contributed by atoms with van der Waals surface area (Å²) < 4.78 is 0. The van der Waals surface area contributed by atoms with E-state index in [0.29, 0.717) is 0 Å². The van der Waals surface area contributed by atoms with Crippen LogP contribution in [0.15, 0.2) is 54.6 Å². The van der Waals surface area contributed by atoms with Crippen molar-refractivity contribution in [3.63, 3.8) is 0 Å². The molecule has 2 heteroatoms. The quantitative estimate of drug-likeness (QED) is 0.601. The number of benzene rings is 2. The van der Waals surface area contributed by atoms with Crippen molar-refractivity contribution >= 4 is 0 Å². The second-order valence-corrected chi connectivity index (χ2v) is 4.33. The average Bonchev–Trinajstić information content (AvgIpc) is 2.46. The minimum absolute atomic E-state index is 0.765. The molecule has 2 aromatic carbocycles. The van der Waals surface area contributed by atoms with Gasteiger partial charge in [-0.1, -0.05) is 54.6 Å². The number of nitrogens with zero attached hydrogens (tertiary/aromatic N) is 2. The van der Waals surface area contributed by atoms with E-state index in [1.165, 1.54) is 16.7 Å². The van der Waals surface area contributed by atoms with E-state index in [0.717, 1.165) is 13.0 Å². The summed E-state index contributed by atoms with van der Waals surface area (Å²) in [5, 5.41) is 8.68. The molecule has 0 aliphatic heterocycles. The highest BCUT2D eigenvalue weighted by molar-refractivity contribution is 5.63. The summed E-state index contributed by atoms with van der Waals surface area (Å²) in [6.07, 6.45) is 3.01. The molecule has 0 atom stereocenters. The van der Waals surface area contributed by atoms with E-state index >= 15 is 0 Å². The van der Waals surface area contributed by atoms with Crippen LogP contribution in [-0.2, 0) is 6.42 Å². The van der Waals surface area contributed by atoms with Crippen molar-refractivity contribution in [3.05, 3.63) is 60.2 Å². The molecule has 2 rings (SSSR count). The Morgan fingerprint density at radius 1 is 0.944 bits per heavy atom. The van der Waals surface area contributed by atoms with Crippen molar-refractivity contribution in [2.24, 2.45) is 0 Å². The molecule has 0 unspecified atom stereocenters. The first kappa shape index (κ1) is 12.2. The predicted molar refractivity (Wildman–Crippen MR) is 73.8 cm³/mol. The van der Waals surface area contributed by atoms with E-state index in [1.54, 1.807) is 11.9 Å². The third-order valence-corrected chi connectivity index (χ3v) is 2.97. The number of likely N-dealkylation sites (N-methyl/N-ethyl adjacent to an activating group) is 1. The minimum Gasteiger partial charge on any atom is -0.313 e. The number of rotatable bonds is 4. The van der Waals surface area contributed by atoms with E-state index < -0.39 is 0 Å². The third-order valence-electron chi connectivity index (χ3n) is 2.97. The van der Waals surface area contributed by atoms with Crippen LogP contribution in [0.1, 0.15) is 5.56 Å². The highest BCUT2D eigenvalue weighted by Crippen LogP contribution is 2.19. The summed E-state index contributed by atoms with van der Waals surface area (Å²) in [5.74, 6) is 0. The number of hydrogen-bond acceptors (Lipinski definition) is 2. The molecule has 0 fully saturated rings. The molecule has 0 aliphatic carbocycles. The summed E-state index contributed by atoms with van der Waals surface area (Å²) in [6, 6.07) is 18.9. The molecule has 2 nitrogen and oxygen atoms in total. The standard InChI is InChI=1S/C16H16N2/c1-18(13-17)12-11-14-7-9-16(10-8-14)15-5-3-2-4-6-15/h2-10H,11-12H2,1H3. The zero-order valence-corrected chi connectivity index (χ0v) is 10.5. The zero-order chi connectivity index (χ0) is 12.8. The van der Waals surface area contributed by atoms with Gasteiger partial charge in [0.2, 0.25) is 0 Å². The van der Waals surface area contributed by atoms with Gasteiger partial charge in [0.05, 0.1) is 0 Å². The van der Waals surface area contributed by atoms with Crippen LogP contribution >= 0.6 is 0 Å². The molecule has 0 heterocycles. The lowest BCUT2D eigenvalue weighted by atomic mass is 10.0. The lowest BCUT2D eigenvalue weighted by molar-refractivity contribution is 0.478. The van der Waals surface area contributed by atoms with Crippen LogP contribution in [-0.4, -0.2) is 18.5 Å². The monoisotopic (exact) mass is 236 g/mol. The molecule has 0 N–H and O–H groups in total. The molecule has 18 heavy (non-hydrogen) atoms. The Hall–Kier alpha value is -2.27. The average molecular weight is 236 g/mol. The third kappa shape index (κ3) is 3.11. The maximum Gasteiger partial charge on any atom is 0.179 e. The fourth-order valence-corrected chi connectivity index (χ4v) is 1.84. The second kappa shape index (κ2) is 5.88. The van der Waals surface area contributed by atoms with Crippen LogP contribution in [0.2, 0.25) is 0 Å². The van der Waals surface area contributed by atoms with Gasteiger partial charge in [0, 0.05) is 13.6 Å². The van der Waals surface area contributed by atoms with Gasteiger partial charge in [0.1, 0.15) is 0 Å². The lowest BCUT2D eigenvalue weighted by Gasteiger charge is -2.09. The largest absolute Gasteiger partial charge is 0.313 e. The molecule has 0 radical (unpaired) electrons. The van der Waals surface area contributed by atoms with Crippen molar-refractivity contribution < 1.29 is 0 Å². The maximum absolute atomic E-state index is 8.68. The molecule has 90 valence electrons. The van der Waals surface area contributed by atoms with Crippen LogP contribution in [0, 0.1) is 11.5 Å². The fraction of sp³-hybridized carbons (Fsp3) is 0.188. The number of nitriles is 1. The summed E-state index contributed by atoms with van der Waals surface area (Å²) in [5.41, 5.74) is 3.72. The highest BCUT2D eigenvalue weighted by Gasteiger charge is 1.99. The Bertz CT molecular complexity index is 523. The van der Waals surface area contributed by atoms with Crippen molar-refractivity contribution in [2.75, 3.05) is 13.6 Å². The van der Waals surface area contributed by atoms with Crippen LogP contribution in [0.4, 0.5) is 0 Å². The van der Waals surface area contributed by atoms with Gasteiger partial charge < -0.3 is 4.90 Å². The number of hydrogen-bond donors (Lipinski definition) is 0. The summed E-state index contributed by atoms with van der Waals surface area (Å²) in [4.78, 5) is 1.64. The Balaban J connectivity index is 2.05. The van der Waals surface area contributed by atoms with Gasteiger partial charge in [-0.25, -0.2) is 0 Å². The zero-order valence-electron chi connectivity index (χ0n) is 10.5. The molecular formula is C16H16N2. The van der Waals surface area contributed by atoms with Crippen molar-refractivity contribution in [2.45, 2.75) is 6.42 Å². The van der Waals surface area contributed by atoms with Crippen LogP contribution in [0.25, 0.3) is 11.1 Å². The molecule has 2 aromatic rings. The van der Waals surface area contributed by atoms with Gasteiger partial charge in [-0.15, -0.1) is 0 Å². The van der Waals surface area contributed by atoms with Gasteiger partial charge in [0.15, 0.2) is 6.19 Å². The van der Waals surface area contributed by atoms with E-state index in [2.05, 4.69) is 42.6 Å². The smallest absolute Gasteiger partial charge is 0.179 e. The van der Waals surface area contributed by atoms with Crippen LogP contribution in [0.5, 0.6) is 0 Å². The molecule has 0 aromatic heterocycles. The first-order valence-electron chi connectivity index (χ1n) is 6.05. The van der Waals surface area contributed by atoms with Crippen LogP contribution in [0.3, 0.4) is 0 Å². The predicted octanol–water partition coefficient (Wildman–Crippen LogP) is 3.31. The van der Waals surface area contributed by atoms with Gasteiger partial charge in [-0.05, 0) is 23.1 Å². The van der Waals surface area contributed by atoms with Crippen molar-refractivity contribution in [1.29, 1.82) is 5.26 Å². The van der Waals surface area contributed by atoms with E-state index in [1.807, 2.05) is 18.2 Å². The first-order valence-corrected chi connectivity index (χ1v) is 6.05. The molecular weight excluding hydrogens is 220 g/mol. The highest BCUT2D eigenvalue weighted by atomic mass is 15.1. The van der Waals surface area contributed by atoms with E-state index in [-0.39, 0.29) is 0 Å². The first-order chi connectivity index (χ1) is 8.79. The molecule has 0 bridgehead atoms. The van der Waals surface area contributed by atoms with Gasteiger partial charge in [-0.3, -0.25) is 0 Å². The van der Waals surface area contributed by atoms with Crippen molar-refractivity contribution in [1.82, 2.24) is 4.90 Å². The minimum atomic E-state index is 0.765. The Kier molecular flexibility index (Phi) is 3.98. The topological polar surface area (TPSA) is 27.0 Å². The van der Waals surface area contributed by atoms with Crippen LogP contribution < -0.4 is 0 Å². The van der Waals surface area contributed by atoms with Gasteiger partial charge in [0.25, 0.3) is 0 Å². The molecule has 0 aliphatic rings. The Morgan fingerprint density at radius 2 is 1.56 bits per heavy atom. The summed E-state index contributed by atoms with van der Waals surface area (Å²) in [7, 11) is 1.80. The molecule has 0 saturated carbocycles. The lowest BCUT2D eigenvalue weighted by Crippen LogP contribution is -2.14. The second-order valence-electron chi connectivity index (χ2n) is 4.33. The fourth-order valence-electron chi connectivity index (χ4n) is 1.84. The van der Waals surface area contributed by atoms with Crippen molar-refractivity contribution in [3.8, 4) is 17.3 Å². The molecule has 0 amide bonds. The normalized spacial score (nSPS) is 9.78. The van der Waals surface area contributed by atoms with Gasteiger partial charge in [-0.2, -0.15) is 5.26 Å². The molecule has 0 spiro atoms.